The molecule has 64 heavy (non-hydrogen) atoms. The van der Waals surface area contributed by atoms with E-state index < -0.39 is 41.4 Å². The number of benzene rings is 4. The van der Waals surface area contributed by atoms with Crippen molar-refractivity contribution in [3.8, 4) is 0 Å². The van der Waals surface area contributed by atoms with Crippen LogP contribution in [-0.4, -0.2) is 39.6 Å². The molecule has 0 atom stereocenters. The number of non-ortho nitro benzene ring substituents is 4. The third-order valence-corrected chi connectivity index (χ3v) is 13.7. The lowest BCUT2D eigenvalue weighted by Gasteiger charge is -2.34. The van der Waals surface area contributed by atoms with Gasteiger partial charge in [0.15, 0.2) is 0 Å². The summed E-state index contributed by atoms with van der Waals surface area (Å²) in [5.41, 5.74) is 4.52. The molecule has 4 aromatic carbocycles. The topological polar surface area (TPSA) is 236 Å². The molecular weight excluding hydrogens is 817 g/mol. The SMILES string of the molecule is CC1(c2ccc([N+](=O)[O-])cc2)c2ccc([nH]2)C(C)(c2ccc([N+](=O)[O-])cc2)c2ccc([nH]2)C(C)(c2ccc([N+](=O)[O-])cc2)c2ccc([nH]2)C(C)(c2ccc([N+](=O)[O-])cc2)c2ccc1[nH]2. The highest BCUT2D eigenvalue weighted by Crippen LogP contribution is 2.48. The van der Waals surface area contributed by atoms with Crippen LogP contribution >= 0.6 is 0 Å². The smallest absolute Gasteiger partial charge is 0.269 e. The van der Waals surface area contributed by atoms with Crippen LogP contribution in [0.4, 0.5) is 22.7 Å². The molecule has 9 rings (SSSR count). The van der Waals surface area contributed by atoms with Gasteiger partial charge in [-0.05, 0) is 98.5 Å². The van der Waals surface area contributed by atoms with E-state index >= 15 is 0 Å². The molecule has 8 bridgehead atoms. The third-order valence-electron chi connectivity index (χ3n) is 13.7. The molecule has 4 aromatic heterocycles. The van der Waals surface area contributed by atoms with Gasteiger partial charge in [-0.3, -0.25) is 40.5 Å². The Hall–Kier alpha value is -8.40. The average molecular weight is 857 g/mol. The monoisotopic (exact) mass is 856 g/mol. The number of aromatic nitrogens is 4. The molecule has 16 nitrogen and oxygen atoms in total. The van der Waals surface area contributed by atoms with Crippen LogP contribution in [0.1, 0.15) is 95.5 Å². The summed E-state index contributed by atoms with van der Waals surface area (Å²) in [4.78, 5) is 60.4. The molecule has 1 aliphatic rings. The molecule has 0 radical (unpaired) electrons. The van der Waals surface area contributed by atoms with Crippen LogP contribution in [0, 0.1) is 40.5 Å². The van der Waals surface area contributed by atoms with Crippen LogP contribution in [0.25, 0.3) is 0 Å². The first kappa shape index (κ1) is 41.0. The lowest BCUT2D eigenvalue weighted by Crippen LogP contribution is -2.32. The van der Waals surface area contributed by atoms with E-state index in [-0.39, 0.29) is 22.7 Å². The molecule has 0 aliphatic carbocycles. The number of hydrogen-bond donors (Lipinski definition) is 4. The summed E-state index contributed by atoms with van der Waals surface area (Å²) >= 11 is 0. The first-order valence-corrected chi connectivity index (χ1v) is 20.3. The molecule has 0 unspecified atom stereocenters. The van der Waals surface area contributed by atoms with Gasteiger partial charge < -0.3 is 19.9 Å². The van der Waals surface area contributed by atoms with Gasteiger partial charge in [0.2, 0.25) is 0 Å². The quantitative estimate of drug-likeness (QED) is 0.0845. The van der Waals surface area contributed by atoms with E-state index in [0.29, 0.717) is 0 Å². The Bertz CT molecular complexity index is 2620. The van der Waals surface area contributed by atoms with Crippen LogP contribution in [0.2, 0.25) is 0 Å². The minimum Gasteiger partial charge on any atom is -0.360 e. The number of rotatable bonds is 8. The number of fused-ring (bicyclic) bond motifs is 8. The third kappa shape index (κ3) is 6.13. The predicted molar refractivity (Wildman–Crippen MR) is 238 cm³/mol. The van der Waals surface area contributed by atoms with Gasteiger partial charge in [-0.2, -0.15) is 0 Å². The van der Waals surface area contributed by atoms with E-state index in [9.17, 15) is 40.5 Å². The van der Waals surface area contributed by atoms with Gasteiger partial charge in [0.25, 0.3) is 22.7 Å². The molecule has 1 aliphatic heterocycles. The molecule has 0 saturated heterocycles. The largest absolute Gasteiger partial charge is 0.360 e. The first-order chi connectivity index (χ1) is 30.5. The Labute approximate surface area is 364 Å². The molecule has 8 aromatic rings. The first-order valence-electron chi connectivity index (χ1n) is 20.3. The van der Waals surface area contributed by atoms with Gasteiger partial charge in [-0.1, -0.05) is 48.5 Å². The highest BCUT2D eigenvalue weighted by Gasteiger charge is 2.44. The van der Waals surface area contributed by atoms with Crippen molar-refractivity contribution in [2.45, 2.75) is 49.4 Å². The van der Waals surface area contributed by atoms with Gasteiger partial charge >= 0.3 is 0 Å². The standard InChI is InChI=1S/C48H40N8O8/c1-45(29-5-13-33(14-6-29)53(57)58)37-21-23-39(49-37)46(2,30-7-15-34(16-8-30)54(59)60)41-25-27-43(51-41)48(4,32-11-19-36(20-12-32)56(63)64)44-28-26-42(52-44)47(3,40-24-22-38(45)50-40)31-9-17-35(18-10-31)55(61)62/h5-28,49-52H,1-4H3. The lowest BCUT2D eigenvalue weighted by molar-refractivity contribution is -0.385. The summed E-state index contributed by atoms with van der Waals surface area (Å²) in [7, 11) is 0. The second kappa shape index (κ2) is 14.6. The van der Waals surface area contributed by atoms with Crippen molar-refractivity contribution in [3.05, 3.63) is 254 Å². The number of nitro benzene ring substituents is 4. The van der Waals surface area contributed by atoms with Crippen molar-refractivity contribution in [2.24, 2.45) is 0 Å². The fourth-order valence-corrected chi connectivity index (χ4v) is 9.40. The Kier molecular flexibility index (Phi) is 9.36. The Morgan fingerprint density at radius 2 is 0.422 bits per heavy atom. The zero-order chi connectivity index (χ0) is 45.3. The normalized spacial score (nSPS) is 21.6. The van der Waals surface area contributed by atoms with Crippen LogP contribution in [0.5, 0.6) is 0 Å². The number of nitrogens with one attached hydrogen (secondary N) is 4. The van der Waals surface area contributed by atoms with E-state index in [1.165, 1.54) is 48.5 Å². The van der Waals surface area contributed by atoms with Crippen molar-refractivity contribution < 1.29 is 19.7 Å². The number of H-pyrrole nitrogens is 4. The molecule has 0 saturated carbocycles. The zero-order valence-corrected chi connectivity index (χ0v) is 34.9. The summed E-state index contributed by atoms with van der Waals surface area (Å²) in [6.45, 7) is 8.07. The number of hydrogen-bond acceptors (Lipinski definition) is 8. The zero-order valence-electron chi connectivity index (χ0n) is 34.9. The molecule has 0 fully saturated rings. The van der Waals surface area contributed by atoms with Crippen LogP contribution in [0.3, 0.4) is 0 Å². The highest BCUT2D eigenvalue weighted by molar-refractivity contribution is 5.57. The van der Waals surface area contributed by atoms with E-state index in [2.05, 4.69) is 19.9 Å². The average Bonchev–Trinajstić information content (AvgIpc) is 4.16. The maximum atomic E-state index is 11.8. The molecule has 0 spiro atoms. The fourth-order valence-electron chi connectivity index (χ4n) is 9.40. The molecule has 16 heteroatoms. The van der Waals surface area contributed by atoms with E-state index in [1.54, 1.807) is 48.5 Å². The summed E-state index contributed by atoms with van der Waals surface area (Å²) in [5, 5.41) is 47.3. The minimum absolute atomic E-state index is 0.0674. The summed E-state index contributed by atoms with van der Waals surface area (Å²) in [5.74, 6) is 0. The summed E-state index contributed by atoms with van der Waals surface area (Å²) in [6, 6.07) is 41.4. The Morgan fingerprint density at radius 1 is 0.281 bits per heavy atom. The van der Waals surface area contributed by atoms with Crippen molar-refractivity contribution in [1.29, 1.82) is 0 Å². The molecule has 4 N–H and O–H groups in total. The van der Waals surface area contributed by atoms with E-state index in [1.807, 2.05) is 76.2 Å². The second-order valence-electron chi connectivity index (χ2n) is 16.9. The van der Waals surface area contributed by atoms with Crippen LogP contribution in [-0.2, 0) is 21.7 Å². The van der Waals surface area contributed by atoms with Gasteiger partial charge in [-0.15, -0.1) is 0 Å². The predicted octanol–water partition coefficient (Wildman–Crippen LogP) is 10.4. The van der Waals surface area contributed by atoms with Crippen LogP contribution in [0.15, 0.2) is 146 Å². The van der Waals surface area contributed by atoms with E-state index in [0.717, 1.165) is 67.8 Å². The van der Waals surface area contributed by atoms with Crippen molar-refractivity contribution in [3.63, 3.8) is 0 Å². The second-order valence-corrected chi connectivity index (χ2v) is 16.9. The number of nitro groups is 4. The Morgan fingerprint density at radius 3 is 0.547 bits per heavy atom. The van der Waals surface area contributed by atoms with Crippen molar-refractivity contribution in [1.82, 2.24) is 19.9 Å². The highest BCUT2D eigenvalue weighted by atomic mass is 16.6. The summed E-state index contributed by atoms with van der Waals surface area (Å²) < 4.78 is 0. The van der Waals surface area contributed by atoms with Gasteiger partial charge in [0.1, 0.15) is 0 Å². The molecule has 5 heterocycles. The maximum absolute atomic E-state index is 11.8. The van der Waals surface area contributed by atoms with Crippen molar-refractivity contribution >= 4 is 22.7 Å². The number of nitrogens with zero attached hydrogens (tertiary/aromatic N) is 4. The fraction of sp³-hybridized carbons (Fsp3) is 0.167. The summed E-state index contributed by atoms with van der Waals surface area (Å²) in [6.07, 6.45) is 0. The molecule has 0 amide bonds. The lowest BCUT2D eigenvalue weighted by atomic mass is 9.76. The van der Waals surface area contributed by atoms with E-state index in [4.69, 9.17) is 0 Å². The molecular formula is C48H40N8O8. The van der Waals surface area contributed by atoms with Gasteiger partial charge in [0, 0.05) is 94.1 Å². The van der Waals surface area contributed by atoms with Crippen molar-refractivity contribution in [2.75, 3.05) is 0 Å². The Balaban J connectivity index is 1.36. The number of aromatic amines is 4. The maximum Gasteiger partial charge on any atom is 0.269 e. The van der Waals surface area contributed by atoms with Gasteiger partial charge in [-0.25, -0.2) is 0 Å². The minimum atomic E-state index is -0.994. The van der Waals surface area contributed by atoms with Gasteiger partial charge in [0.05, 0.1) is 41.4 Å². The molecule has 320 valence electrons. The van der Waals surface area contributed by atoms with Crippen LogP contribution < -0.4 is 0 Å².